The minimum Gasteiger partial charge on any atom is -0.496 e. The zero-order chi connectivity index (χ0) is 13.1. The first-order valence-corrected chi connectivity index (χ1v) is 6.15. The highest BCUT2D eigenvalue weighted by Gasteiger charge is 2.10. The quantitative estimate of drug-likeness (QED) is 0.946. The number of rotatable bonds is 3. The lowest BCUT2D eigenvalue weighted by Crippen LogP contribution is -2.11. The van der Waals surface area contributed by atoms with Gasteiger partial charge in [-0.1, -0.05) is 24.3 Å². The fourth-order valence-corrected chi connectivity index (χ4v) is 2.21. The van der Waals surface area contributed by atoms with Crippen LogP contribution in [-0.4, -0.2) is 13.0 Å². The highest BCUT2D eigenvalue weighted by atomic mass is 79.9. The van der Waals surface area contributed by atoms with Crippen LogP contribution in [0.25, 0.3) is 11.1 Å². The molecular formula is C14H12BrNO2. The molecule has 0 saturated heterocycles. The second-order valence-corrected chi connectivity index (χ2v) is 4.61. The van der Waals surface area contributed by atoms with E-state index in [1.54, 1.807) is 13.2 Å². The second kappa shape index (κ2) is 5.23. The third-order valence-corrected chi connectivity index (χ3v) is 3.34. The van der Waals surface area contributed by atoms with E-state index in [1.165, 1.54) is 0 Å². The smallest absolute Gasteiger partial charge is 0.249 e. The highest BCUT2D eigenvalue weighted by Crippen LogP contribution is 2.31. The Morgan fingerprint density at radius 3 is 2.61 bits per heavy atom. The largest absolute Gasteiger partial charge is 0.496 e. The van der Waals surface area contributed by atoms with Crippen molar-refractivity contribution in [2.24, 2.45) is 5.73 Å². The monoisotopic (exact) mass is 305 g/mol. The lowest BCUT2D eigenvalue weighted by molar-refractivity contribution is 0.0999. The zero-order valence-corrected chi connectivity index (χ0v) is 11.4. The number of amides is 1. The molecule has 2 aromatic rings. The molecule has 0 fully saturated rings. The maximum absolute atomic E-state index is 11.3. The molecule has 0 radical (unpaired) electrons. The molecule has 0 aliphatic carbocycles. The molecule has 18 heavy (non-hydrogen) atoms. The van der Waals surface area contributed by atoms with E-state index >= 15 is 0 Å². The molecule has 2 rings (SSSR count). The predicted molar refractivity (Wildman–Crippen MR) is 74.6 cm³/mol. The van der Waals surface area contributed by atoms with Crippen molar-refractivity contribution in [1.82, 2.24) is 0 Å². The van der Waals surface area contributed by atoms with Crippen LogP contribution in [0.3, 0.4) is 0 Å². The summed E-state index contributed by atoms with van der Waals surface area (Å²) in [5, 5.41) is 0. The van der Waals surface area contributed by atoms with Gasteiger partial charge in [-0.2, -0.15) is 0 Å². The van der Waals surface area contributed by atoms with E-state index in [0.29, 0.717) is 10.0 Å². The number of hydrogen-bond donors (Lipinski definition) is 1. The molecule has 1 amide bonds. The minimum atomic E-state index is -0.460. The summed E-state index contributed by atoms with van der Waals surface area (Å²) in [5.41, 5.74) is 7.61. The number of ether oxygens (including phenoxy) is 1. The van der Waals surface area contributed by atoms with Crippen molar-refractivity contribution in [3.8, 4) is 16.9 Å². The fourth-order valence-electron chi connectivity index (χ4n) is 1.76. The van der Waals surface area contributed by atoms with Gasteiger partial charge < -0.3 is 10.5 Å². The normalized spacial score (nSPS) is 10.1. The summed E-state index contributed by atoms with van der Waals surface area (Å²) in [6.07, 6.45) is 0. The summed E-state index contributed by atoms with van der Waals surface area (Å²) in [6.45, 7) is 0. The number of primary amides is 1. The number of para-hydroxylation sites is 1. The maximum Gasteiger partial charge on any atom is 0.249 e. The Labute approximate surface area is 114 Å². The van der Waals surface area contributed by atoms with Crippen molar-refractivity contribution < 1.29 is 9.53 Å². The predicted octanol–water partition coefficient (Wildman–Crippen LogP) is 3.22. The Kier molecular flexibility index (Phi) is 3.67. The lowest BCUT2D eigenvalue weighted by Gasteiger charge is -2.09. The van der Waals surface area contributed by atoms with Crippen LogP contribution in [0.1, 0.15) is 10.4 Å². The molecule has 0 bridgehead atoms. The molecule has 0 unspecified atom stereocenters. The van der Waals surface area contributed by atoms with Crippen molar-refractivity contribution in [2.45, 2.75) is 0 Å². The first kappa shape index (κ1) is 12.6. The van der Waals surface area contributed by atoms with Crippen LogP contribution in [0.5, 0.6) is 5.75 Å². The molecule has 92 valence electrons. The van der Waals surface area contributed by atoms with Crippen molar-refractivity contribution in [1.29, 1.82) is 0 Å². The van der Waals surface area contributed by atoms with Gasteiger partial charge in [-0.3, -0.25) is 4.79 Å². The van der Waals surface area contributed by atoms with E-state index in [1.807, 2.05) is 36.4 Å². The van der Waals surface area contributed by atoms with Crippen molar-refractivity contribution in [3.63, 3.8) is 0 Å². The van der Waals surface area contributed by atoms with Gasteiger partial charge in [-0.05, 0) is 39.7 Å². The first-order chi connectivity index (χ1) is 8.63. The van der Waals surface area contributed by atoms with Crippen LogP contribution in [0.2, 0.25) is 0 Å². The molecule has 0 aliphatic rings. The van der Waals surface area contributed by atoms with Crippen molar-refractivity contribution in [2.75, 3.05) is 7.11 Å². The Balaban J connectivity index is 2.58. The van der Waals surface area contributed by atoms with E-state index in [2.05, 4.69) is 15.9 Å². The summed E-state index contributed by atoms with van der Waals surface area (Å²) in [5.74, 6) is 0.300. The zero-order valence-electron chi connectivity index (χ0n) is 9.81. The van der Waals surface area contributed by atoms with Gasteiger partial charge in [-0.25, -0.2) is 0 Å². The molecule has 4 heteroatoms. The third kappa shape index (κ3) is 2.38. The Morgan fingerprint density at radius 1 is 1.22 bits per heavy atom. The average Bonchev–Trinajstić information content (AvgIpc) is 2.39. The Morgan fingerprint density at radius 2 is 1.94 bits per heavy atom. The number of hydrogen-bond acceptors (Lipinski definition) is 2. The van der Waals surface area contributed by atoms with Crippen LogP contribution in [0.15, 0.2) is 46.9 Å². The number of carbonyl (C=O) groups excluding carboxylic acids is 1. The molecule has 3 nitrogen and oxygen atoms in total. The SMILES string of the molecule is COc1ccccc1-c1ccc(Br)c(C(N)=O)c1. The fraction of sp³-hybridized carbons (Fsp3) is 0.0714. The minimum absolute atomic E-state index is 0.457. The van der Waals surface area contributed by atoms with Crippen LogP contribution in [0.4, 0.5) is 0 Å². The second-order valence-electron chi connectivity index (χ2n) is 3.76. The summed E-state index contributed by atoms with van der Waals surface area (Å²) in [4.78, 5) is 11.3. The summed E-state index contributed by atoms with van der Waals surface area (Å²) in [6, 6.07) is 13.1. The molecular weight excluding hydrogens is 294 g/mol. The van der Waals surface area contributed by atoms with E-state index in [-0.39, 0.29) is 0 Å². The Hall–Kier alpha value is -1.81. The summed E-state index contributed by atoms with van der Waals surface area (Å²) in [7, 11) is 1.62. The Bertz CT molecular complexity index is 596. The number of benzene rings is 2. The molecule has 0 saturated carbocycles. The van der Waals surface area contributed by atoms with Gasteiger partial charge in [0.15, 0.2) is 0 Å². The van der Waals surface area contributed by atoms with Crippen LogP contribution in [-0.2, 0) is 0 Å². The molecule has 0 heterocycles. The molecule has 0 atom stereocenters. The molecule has 0 aliphatic heterocycles. The van der Waals surface area contributed by atoms with Gasteiger partial charge >= 0.3 is 0 Å². The number of halogens is 1. The lowest BCUT2D eigenvalue weighted by atomic mass is 10.0. The molecule has 2 aromatic carbocycles. The van der Waals surface area contributed by atoms with Gasteiger partial charge in [0.05, 0.1) is 12.7 Å². The van der Waals surface area contributed by atoms with E-state index in [4.69, 9.17) is 10.5 Å². The summed E-state index contributed by atoms with van der Waals surface area (Å²) < 4.78 is 5.99. The van der Waals surface area contributed by atoms with Gasteiger partial charge in [0.25, 0.3) is 0 Å². The van der Waals surface area contributed by atoms with E-state index in [0.717, 1.165) is 16.9 Å². The van der Waals surface area contributed by atoms with E-state index < -0.39 is 5.91 Å². The molecule has 0 aromatic heterocycles. The van der Waals surface area contributed by atoms with Crippen molar-refractivity contribution in [3.05, 3.63) is 52.5 Å². The van der Waals surface area contributed by atoms with Gasteiger partial charge in [0.2, 0.25) is 5.91 Å². The van der Waals surface area contributed by atoms with Gasteiger partial charge in [-0.15, -0.1) is 0 Å². The van der Waals surface area contributed by atoms with Crippen LogP contribution < -0.4 is 10.5 Å². The number of nitrogens with two attached hydrogens (primary N) is 1. The molecule has 0 spiro atoms. The van der Waals surface area contributed by atoms with Crippen LogP contribution >= 0.6 is 15.9 Å². The van der Waals surface area contributed by atoms with E-state index in [9.17, 15) is 4.79 Å². The maximum atomic E-state index is 11.3. The molecule has 2 N–H and O–H groups in total. The van der Waals surface area contributed by atoms with Gasteiger partial charge in [0.1, 0.15) is 5.75 Å². The average molecular weight is 306 g/mol. The summed E-state index contributed by atoms with van der Waals surface area (Å²) >= 11 is 3.31. The van der Waals surface area contributed by atoms with Crippen LogP contribution in [0, 0.1) is 0 Å². The number of carbonyl (C=O) groups is 1. The van der Waals surface area contributed by atoms with Crippen molar-refractivity contribution >= 4 is 21.8 Å². The number of methoxy groups -OCH3 is 1. The highest BCUT2D eigenvalue weighted by molar-refractivity contribution is 9.10. The first-order valence-electron chi connectivity index (χ1n) is 5.36. The standard InChI is InChI=1S/C14H12BrNO2/c1-18-13-5-3-2-4-10(13)9-6-7-12(15)11(8-9)14(16)17/h2-8H,1H3,(H2,16,17). The topological polar surface area (TPSA) is 52.3 Å². The third-order valence-electron chi connectivity index (χ3n) is 2.65. The van der Waals surface area contributed by atoms with Gasteiger partial charge in [0, 0.05) is 10.0 Å².